The third-order valence-corrected chi connectivity index (χ3v) is 6.16. The lowest BCUT2D eigenvalue weighted by Gasteiger charge is -2.45. The van der Waals surface area contributed by atoms with Crippen molar-refractivity contribution in [1.29, 1.82) is 0 Å². The first kappa shape index (κ1) is 14.2. The highest BCUT2D eigenvalue weighted by Gasteiger charge is 2.42. The van der Waals surface area contributed by atoms with Crippen LogP contribution in [0, 0.1) is 11.8 Å². The molecule has 3 saturated heterocycles. The van der Waals surface area contributed by atoms with Gasteiger partial charge >= 0.3 is 0 Å². The van der Waals surface area contributed by atoms with Gasteiger partial charge in [0.2, 0.25) is 0 Å². The maximum atomic E-state index is 14.8. The van der Waals surface area contributed by atoms with Crippen LogP contribution in [0.15, 0.2) is 0 Å². The lowest BCUT2D eigenvalue weighted by atomic mass is 9.76. The van der Waals surface area contributed by atoms with Crippen LogP contribution in [0.3, 0.4) is 0 Å². The molecule has 110 valence electrons. The monoisotopic (exact) mass is 287 g/mol. The van der Waals surface area contributed by atoms with Crippen molar-refractivity contribution in [3.05, 3.63) is 0 Å². The van der Waals surface area contributed by atoms with Gasteiger partial charge in [0, 0.05) is 19.1 Å². The van der Waals surface area contributed by atoms with Crippen LogP contribution in [-0.4, -0.2) is 43.0 Å². The number of nitrogens with one attached hydrogen (secondary N) is 1. The fraction of sp³-hybridized carbons (Fsp3) is 1.00. The summed E-state index contributed by atoms with van der Waals surface area (Å²) in [5.74, 6) is 2.86. The molecule has 0 aromatic heterocycles. The highest BCUT2D eigenvalue weighted by atomic mass is 32.2. The summed E-state index contributed by atoms with van der Waals surface area (Å²) < 4.78 is 20.9. The SMILES string of the molecule is FC(C1CCCNC1)C1CCOC2(CCSCC2)C1. The number of hydrogen-bond acceptors (Lipinski definition) is 3. The molecular formula is C15H26FNOS. The molecule has 1 spiro atoms. The van der Waals surface area contributed by atoms with Gasteiger partial charge < -0.3 is 10.1 Å². The van der Waals surface area contributed by atoms with Crippen molar-refractivity contribution in [2.24, 2.45) is 11.8 Å². The smallest absolute Gasteiger partial charge is 0.107 e. The summed E-state index contributed by atoms with van der Waals surface area (Å²) in [6, 6.07) is 0. The lowest BCUT2D eigenvalue weighted by molar-refractivity contribution is -0.117. The lowest BCUT2D eigenvalue weighted by Crippen LogP contribution is -2.47. The first-order chi connectivity index (χ1) is 9.29. The topological polar surface area (TPSA) is 21.3 Å². The Kier molecular flexibility index (Phi) is 4.70. The molecule has 3 unspecified atom stereocenters. The van der Waals surface area contributed by atoms with Crippen molar-refractivity contribution in [3.63, 3.8) is 0 Å². The molecule has 19 heavy (non-hydrogen) atoms. The quantitative estimate of drug-likeness (QED) is 0.843. The molecule has 0 aliphatic carbocycles. The molecule has 0 saturated carbocycles. The van der Waals surface area contributed by atoms with Gasteiger partial charge in [-0.15, -0.1) is 0 Å². The molecule has 0 aromatic rings. The first-order valence-electron chi connectivity index (χ1n) is 7.86. The second-order valence-electron chi connectivity index (χ2n) is 6.45. The van der Waals surface area contributed by atoms with Crippen LogP contribution in [-0.2, 0) is 4.74 Å². The Balaban J connectivity index is 1.60. The average Bonchev–Trinajstić information content (AvgIpc) is 2.48. The minimum Gasteiger partial charge on any atom is -0.375 e. The molecule has 3 aliphatic rings. The van der Waals surface area contributed by atoms with Crippen LogP contribution in [0.25, 0.3) is 0 Å². The molecule has 3 aliphatic heterocycles. The van der Waals surface area contributed by atoms with Gasteiger partial charge in [0.05, 0.1) is 5.60 Å². The van der Waals surface area contributed by atoms with Gasteiger partial charge in [-0.1, -0.05) is 0 Å². The molecule has 0 aromatic carbocycles. The van der Waals surface area contributed by atoms with E-state index in [0.29, 0.717) is 0 Å². The van der Waals surface area contributed by atoms with E-state index in [4.69, 9.17) is 4.74 Å². The van der Waals surface area contributed by atoms with E-state index in [1.807, 2.05) is 11.8 Å². The maximum Gasteiger partial charge on any atom is 0.107 e. The summed E-state index contributed by atoms with van der Waals surface area (Å²) in [6.45, 7) is 2.72. The summed E-state index contributed by atoms with van der Waals surface area (Å²) in [6.07, 6.45) is 5.72. The van der Waals surface area contributed by atoms with Gasteiger partial charge in [-0.05, 0) is 62.5 Å². The summed E-state index contributed by atoms with van der Waals surface area (Å²) in [4.78, 5) is 0. The van der Waals surface area contributed by atoms with Crippen LogP contribution in [0.2, 0.25) is 0 Å². The van der Waals surface area contributed by atoms with Gasteiger partial charge in [0.25, 0.3) is 0 Å². The van der Waals surface area contributed by atoms with Crippen LogP contribution in [0.4, 0.5) is 4.39 Å². The van der Waals surface area contributed by atoms with E-state index in [-0.39, 0.29) is 17.4 Å². The molecule has 0 bridgehead atoms. The Morgan fingerprint density at radius 1 is 1.21 bits per heavy atom. The average molecular weight is 287 g/mol. The van der Waals surface area contributed by atoms with E-state index < -0.39 is 6.17 Å². The molecule has 3 heterocycles. The van der Waals surface area contributed by atoms with Crippen molar-refractivity contribution in [2.45, 2.75) is 50.3 Å². The molecule has 0 amide bonds. The summed E-state index contributed by atoms with van der Waals surface area (Å²) in [7, 11) is 0. The second kappa shape index (κ2) is 6.31. The van der Waals surface area contributed by atoms with Crippen molar-refractivity contribution in [2.75, 3.05) is 31.2 Å². The number of rotatable bonds is 2. The highest BCUT2D eigenvalue weighted by Crippen LogP contribution is 2.42. The minimum absolute atomic E-state index is 0.0284. The Hall–Kier alpha value is 0.200. The Morgan fingerprint density at radius 3 is 2.79 bits per heavy atom. The summed E-state index contributed by atoms with van der Waals surface area (Å²) >= 11 is 2.02. The van der Waals surface area contributed by atoms with Gasteiger partial charge in [0.1, 0.15) is 6.17 Å². The molecule has 3 fully saturated rings. The molecule has 3 rings (SSSR count). The zero-order chi connectivity index (χ0) is 13.1. The maximum absolute atomic E-state index is 14.8. The Labute approximate surface area is 120 Å². The Bertz CT molecular complexity index is 284. The van der Waals surface area contributed by atoms with Crippen molar-refractivity contribution in [3.8, 4) is 0 Å². The molecule has 3 atom stereocenters. The van der Waals surface area contributed by atoms with Crippen LogP contribution >= 0.6 is 11.8 Å². The predicted octanol–water partition coefficient (Wildman–Crippen LogP) is 3.02. The number of alkyl halides is 1. The normalized spacial score (nSPS) is 37.1. The zero-order valence-electron chi connectivity index (χ0n) is 11.7. The second-order valence-corrected chi connectivity index (χ2v) is 7.67. The minimum atomic E-state index is -0.622. The van der Waals surface area contributed by atoms with Gasteiger partial charge in [0.15, 0.2) is 0 Å². The van der Waals surface area contributed by atoms with Crippen LogP contribution in [0.5, 0.6) is 0 Å². The third kappa shape index (κ3) is 3.27. The van der Waals surface area contributed by atoms with E-state index in [9.17, 15) is 4.39 Å². The third-order valence-electron chi connectivity index (χ3n) is 5.17. The van der Waals surface area contributed by atoms with Gasteiger partial charge in [-0.3, -0.25) is 0 Å². The fourth-order valence-electron chi connectivity index (χ4n) is 3.96. The van der Waals surface area contributed by atoms with Crippen molar-refractivity contribution in [1.82, 2.24) is 5.32 Å². The van der Waals surface area contributed by atoms with Crippen LogP contribution in [0.1, 0.15) is 38.5 Å². The van der Waals surface area contributed by atoms with E-state index in [1.54, 1.807) is 0 Å². The molecule has 2 nitrogen and oxygen atoms in total. The van der Waals surface area contributed by atoms with E-state index in [1.165, 1.54) is 11.5 Å². The number of halogens is 1. The highest BCUT2D eigenvalue weighted by molar-refractivity contribution is 7.99. The summed E-state index contributed by atoms with van der Waals surface area (Å²) in [5.41, 5.74) is 0.0284. The van der Waals surface area contributed by atoms with Crippen LogP contribution < -0.4 is 5.32 Å². The largest absolute Gasteiger partial charge is 0.375 e. The van der Waals surface area contributed by atoms with Crippen molar-refractivity contribution < 1.29 is 9.13 Å². The van der Waals surface area contributed by atoms with E-state index >= 15 is 0 Å². The zero-order valence-corrected chi connectivity index (χ0v) is 12.5. The number of thioether (sulfide) groups is 1. The number of piperidine rings is 1. The van der Waals surface area contributed by atoms with Gasteiger partial charge in [-0.2, -0.15) is 11.8 Å². The Morgan fingerprint density at radius 2 is 2.05 bits per heavy atom. The molecule has 4 heteroatoms. The number of hydrogen-bond donors (Lipinski definition) is 1. The fourth-order valence-corrected chi connectivity index (χ4v) is 5.20. The standard InChI is InChI=1S/C15H26FNOS/c16-14(13-2-1-6-17-11-13)12-3-7-18-15(10-12)4-8-19-9-5-15/h12-14,17H,1-11H2. The molecule has 0 radical (unpaired) electrons. The predicted molar refractivity (Wildman–Crippen MR) is 78.5 cm³/mol. The molecular weight excluding hydrogens is 261 g/mol. The summed E-state index contributed by atoms with van der Waals surface area (Å²) in [5, 5.41) is 3.35. The first-order valence-corrected chi connectivity index (χ1v) is 9.01. The van der Waals surface area contributed by atoms with E-state index in [2.05, 4.69) is 5.32 Å². The van der Waals surface area contributed by atoms with E-state index in [0.717, 1.165) is 58.2 Å². The van der Waals surface area contributed by atoms with Crippen molar-refractivity contribution >= 4 is 11.8 Å². The number of ether oxygens (including phenoxy) is 1. The molecule has 1 N–H and O–H groups in total. The van der Waals surface area contributed by atoms with Gasteiger partial charge in [-0.25, -0.2) is 4.39 Å².